The van der Waals surface area contributed by atoms with Gasteiger partial charge in [0.15, 0.2) is 6.61 Å². The Bertz CT molecular complexity index is 779. The van der Waals surface area contributed by atoms with Crippen molar-refractivity contribution >= 4 is 28.5 Å². The largest absolute Gasteiger partial charge is 0.497 e. The van der Waals surface area contributed by atoms with Crippen LogP contribution in [-0.4, -0.2) is 28.4 Å². The van der Waals surface area contributed by atoms with Crippen molar-refractivity contribution in [3.8, 4) is 11.5 Å². The van der Waals surface area contributed by atoms with E-state index in [1.165, 1.54) is 0 Å². The lowest BCUT2D eigenvalue weighted by molar-refractivity contribution is -0.121. The van der Waals surface area contributed by atoms with Gasteiger partial charge in [-0.1, -0.05) is 12.1 Å². The number of methoxy groups -OCH3 is 1. The van der Waals surface area contributed by atoms with Crippen molar-refractivity contribution in [3.05, 3.63) is 48.0 Å². The first-order valence-electron chi connectivity index (χ1n) is 7.14. The number of rotatable bonds is 5. The minimum atomic E-state index is -2.11. The zero-order valence-electron chi connectivity index (χ0n) is 12.9. The monoisotopic (exact) mass is 348 g/mol. The molecule has 1 aliphatic rings. The van der Waals surface area contributed by atoms with Gasteiger partial charge in [0.1, 0.15) is 11.5 Å². The van der Waals surface area contributed by atoms with E-state index in [1.54, 1.807) is 54.5 Å². The quantitative estimate of drug-likeness (QED) is 0.809. The zero-order valence-corrected chi connectivity index (χ0v) is 13.7. The van der Waals surface area contributed by atoms with Gasteiger partial charge in [0, 0.05) is 11.8 Å². The molecular formula is C16H16N2O5S. The maximum atomic E-state index is 12.2. The van der Waals surface area contributed by atoms with Gasteiger partial charge in [0.25, 0.3) is 17.2 Å². The smallest absolute Gasteiger partial charge is 0.265 e. The second-order valence-electron chi connectivity index (χ2n) is 5.15. The molecule has 0 bridgehead atoms. The van der Waals surface area contributed by atoms with Gasteiger partial charge in [-0.15, -0.1) is 0 Å². The van der Waals surface area contributed by atoms with E-state index < -0.39 is 11.3 Å². The number of carbonyl (C=O) groups excluding carboxylic acids is 1. The summed E-state index contributed by atoms with van der Waals surface area (Å²) in [6, 6.07) is 12.3. The number of carbonyl (C=O) groups is 1. The molecule has 7 nitrogen and oxygen atoms in total. The van der Waals surface area contributed by atoms with Crippen LogP contribution in [0.4, 0.5) is 11.4 Å². The minimum Gasteiger partial charge on any atom is -0.497 e. The Morgan fingerprint density at radius 2 is 2.04 bits per heavy atom. The first kappa shape index (κ1) is 16.3. The SMILES string of the molecule is COc1ccc2c(c1)OCC(=O)N2Cc1ccc(NS(=O)O)cc1. The maximum Gasteiger partial charge on any atom is 0.265 e. The Morgan fingerprint density at radius 1 is 1.29 bits per heavy atom. The number of nitrogens with one attached hydrogen (secondary N) is 1. The van der Waals surface area contributed by atoms with Gasteiger partial charge in [0.2, 0.25) is 0 Å². The van der Waals surface area contributed by atoms with Crippen LogP contribution in [-0.2, 0) is 22.6 Å². The molecule has 1 atom stereocenters. The van der Waals surface area contributed by atoms with E-state index in [2.05, 4.69) is 4.72 Å². The molecule has 0 aromatic heterocycles. The third kappa shape index (κ3) is 3.50. The lowest BCUT2D eigenvalue weighted by Gasteiger charge is -2.29. The first-order valence-corrected chi connectivity index (χ1v) is 8.25. The summed E-state index contributed by atoms with van der Waals surface area (Å²) < 4.78 is 32.6. The fourth-order valence-electron chi connectivity index (χ4n) is 2.45. The molecule has 8 heteroatoms. The number of amides is 1. The van der Waals surface area contributed by atoms with E-state index in [0.29, 0.717) is 29.4 Å². The van der Waals surface area contributed by atoms with E-state index in [9.17, 15) is 9.00 Å². The van der Waals surface area contributed by atoms with Gasteiger partial charge >= 0.3 is 0 Å². The molecule has 2 aromatic carbocycles. The van der Waals surface area contributed by atoms with Crippen LogP contribution in [0.3, 0.4) is 0 Å². The summed E-state index contributed by atoms with van der Waals surface area (Å²) in [4.78, 5) is 13.9. The van der Waals surface area contributed by atoms with Crippen LogP contribution in [0.5, 0.6) is 11.5 Å². The maximum absolute atomic E-state index is 12.2. The molecule has 126 valence electrons. The molecule has 2 N–H and O–H groups in total. The highest BCUT2D eigenvalue weighted by Gasteiger charge is 2.26. The van der Waals surface area contributed by atoms with Crippen molar-refractivity contribution in [1.29, 1.82) is 0 Å². The molecule has 0 spiro atoms. The standard InChI is InChI=1S/C16H16N2O5S/c1-22-13-6-7-14-15(8-13)23-10-16(19)18(14)9-11-2-4-12(5-3-11)17-24(20)21/h2-8,17H,9-10H2,1H3,(H,20,21). The van der Waals surface area contributed by atoms with Crippen LogP contribution in [0.15, 0.2) is 42.5 Å². The second kappa shape index (κ2) is 6.90. The molecule has 0 aliphatic carbocycles. The molecule has 1 amide bonds. The summed E-state index contributed by atoms with van der Waals surface area (Å²) in [5, 5.41) is 0. The molecule has 1 aliphatic heterocycles. The van der Waals surface area contributed by atoms with E-state index >= 15 is 0 Å². The number of hydrogen-bond acceptors (Lipinski definition) is 4. The molecular weight excluding hydrogens is 332 g/mol. The van der Waals surface area contributed by atoms with Gasteiger partial charge < -0.3 is 14.4 Å². The lowest BCUT2D eigenvalue weighted by Crippen LogP contribution is -2.38. The van der Waals surface area contributed by atoms with Crippen molar-refractivity contribution in [1.82, 2.24) is 0 Å². The number of benzene rings is 2. The van der Waals surface area contributed by atoms with Gasteiger partial charge in [-0.05, 0) is 29.8 Å². The second-order valence-corrected chi connectivity index (χ2v) is 5.85. The van der Waals surface area contributed by atoms with E-state index in [1.807, 2.05) is 0 Å². The molecule has 0 radical (unpaired) electrons. The van der Waals surface area contributed by atoms with Gasteiger partial charge in [-0.2, -0.15) is 0 Å². The Balaban J connectivity index is 1.82. The molecule has 0 saturated heterocycles. The molecule has 3 rings (SSSR count). The Morgan fingerprint density at radius 3 is 2.71 bits per heavy atom. The molecule has 2 aromatic rings. The van der Waals surface area contributed by atoms with Gasteiger partial charge in [-0.25, -0.2) is 4.21 Å². The van der Waals surface area contributed by atoms with Gasteiger partial charge in [-0.3, -0.25) is 14.1 Å². The highest BCUT2D eigenvalue weighted by atomic mass is 32.2. The van der Waals surface area contributed by atoms with Gasteiger partial charge in [0.05, 0.1) is 19.3 Å². The van der Waals surface area contributed by atoms with E-state index in [0.717, 1.165) is 5.56 Å². The molecule has 0 fully saturated rings. The summed E-state index contributed by atoms with van der Waals surface area (Å²) >= 11 is -2.11. The number of nitrogens with zero attached hydrogens (tertiary/aromatic N) is 1. The lowest BCUT2D eigenvalue weighted by atomic mass is 10.1. The van der Waals surface area contributed by atoms with Crippen molar-refractivity contribution in [2.45, 2.75) is 6.54 Å². The minimum absolute atomic E-state index is 0.0245. The Hall–Kier alpha value is -2.58. The van der Waals surface area contributed by atoms with Crippen LogP contribution < -0.4 is 19.1 Å². The average Bonchev–Trinajstić information content (AvgIpc) is 2.58. The Labute approximate surface area is 141 Å². The van der Waals surface area contributed by atoms with Crippen LogP contribution in [0, 0.1) is 0 Å². The molecule has 24 heavy (non-hydrogen) atoms. The van der Waals surface area contributed by atoms with Crippen LogP contribution in [0.1, 0.15) is 5.56 Å². The summed E-state index contributed by atoms with van der Waals surface area (Å²) in [6.07, 6.45) is 0. The van der Waals surface area contributed by atoms with Crippen molar-refractivity contribution in [2.24, 2.45) is 0 Å². The van der Waals surface area contributed by atoms with E-state index in [-0.39, 0.29) is 12.5 Å². The number of ether oxygens (including phenoxy) is 2. The molecule has 1 heterocycles. The molecule has 0 saturated carbocycles. The predicted molar refractivity (Wildman–Crippen MR) is 90.5 cm³/mol. The van der Waals surface area contributed by atoms with Crippen LogP contribution in [0.2, 0.25) is 0 Å². The zero-order chi connectivity index (χ0) is 17.1. The summed E-state index contributed by atoms with van der Waals surface area (Å²) in [5.74, 6) is 1.13. The number of fused-ring (bicyclic) bond motifs is 1. The fourth-order valence-corrected chi connectivity index (χ4v) is 2.78. The van der Waals surface area contributed by atoms with Crippen molar-refractivity contribution in [2.75, 3.05) is 23.3 Å². The normalized spacial score (nSPS) is 14.6. The topological polar surface area (TPSA) is 88.1 Å². The number of hydrogen-bond donors (Lipinski definition) is 2. The third-order valence-corrected chi connectivity index (χ3v) is 4.02. The first-order chi connectivity index (χ1) is 11.6. The summed E-state index contributed by atoms with van der Waals surface area (Å²) in [5.41, 5.74) is 2.10. The highest BCUT2D eigenvalue weighted by Crippen LogP contribution is 2.36. The van der Waals surface area contributed by atoms with Crippen molar-refractivity contribution < 1.29 is 23.0 Å². The Kier molecular flexibility index (Phi) is 4.68. The average molecular weight is 348 g/mol. The van der Waals surface area contributed by atoms with Crippen LogP contribution >= 0.6 is 0 Å². The number of anilines is 2. The third-order valence-electron chi connectivity index (χ3n) is 3.61. The predicted octanol–water partition coefficient (Wildman–Crippen LogP) is 2.17. The highest BCUT2D eigenvalue weighted by molar-refractivity contribution is 7.80. The fraction of sp³-hybridized carbons (Fsp3) is 0.188. The van der Waals surface area contributed by atoms with E-state index in [4.69, 9.17) is 14.0 Å². The summed E-state index contributed by atoms with van der Waals surface area (Å²) in [7, 11) is 1.57. The van der Waals surface area contributed by atoms with Crippen molar-refractivity contribution in [3.63, 3.8) is 0 Å². The van der Waals surface area contributed by atoms with Crippen LogP contribution in [0.25, 0.3) is 0 Å². The molecule has 1 unspecified atom stereocenters. The summed E-state index contributed by atoms with van der Waals surface area (Å²) in [6.45, 7) is 0.354.